The number of rotatable bonds is 5. The molecule has 11 heteroatoms. The van der Waals surface area contributed by atoms with Gasteiger partial charge in [-0.15, -0.1) is 11.3 Å². The van der Waals surface area contributed by atoms with Gasteiger partial charge in [0.2, 0.25) is 10.0 Å². The van der Waals surface area contributed by atoms with Gasteiger partial charge in [0.25, 0.3) is 5.91 Å². The van der Waals surface area contributed by atoms with E-state index in [9.17, 15) is 21.6 Å². The lowest BCUT2D eigenvalue weighted by molar-refractivity contribution is 0.102. The highest BCUT2D eigenvalue weighted by atomic mass is 32.2. The third kappa shape index (κ3) is 4.42. The molecule has 1 amide bonds. The van der Waals surface area contributed by atoms with Gasteiger partial charge in [0.1, 0.15) is 0 Å². The normalized spacial score (nSPS) is 19.6. The van der Waals surface area contributed by atoms with Crippen LogP contribution in [0.2, 0.25) is 0 Å². The predicted molar refractivity (Wildman–Crippen MR) is 93.9 cm³/mol. The van der Waals surface area contributed by atoms with E-state index in [1.54, 1.807) is 11.6 Å². The average molecular weight is 401 g/mol. The molecule has 1 saturated heterocycles. The molecule has 8 nitrogen and oxygen atoms in total. The SMILES string of the molecule is O=C(Nc1nccs1)c1cccc(S(=O)(=O)N[C@@H]2CCS(=O)(=O)C2)c1. The summed E-state index contributed by atoms with van der Waals surface area (Å²) in [6, 6.07) is 4.89. The smallest absolute Gasteiger partial charge is 0.257 e. The third-order valence-electron chi connectivity index (χ3n) is 3.61. The number of hydrogen-bond acceptors (Lipinski definition) is 7. The number of carbonyl (C=O) groups excluding carboxylic acids is 1. The summed E-state index contributed by atoms with van der Waals surface area (Å²) >= 11 is 1.25. The van der Waals surface area contributed by atoms with Crippen molar-refractivity contribution in [3.05, 3.63) is 41.4 Å². The maximum atomic E-state index is 12.4. The van der Waals surface area contributed by atoms with Crippen LogP contribution in [0.25, 0.3) is 0 Å². The van der Waals surface area contributed by atoms with E-state index in [-0.39, 0.29) is 28.4 Å². The van der Waals surface area contributed by atoms with E-state index in [1.807, 2.05) is 0 Å². The van der Waals surface area contributed by atoms with E-state index in [4.69, 9.17) is 0 Å². The van der Waals surface area contributed by atoms with Crippen molar-refractivity contribution in [1.29, 1.82) is 0 Å². The van der Waals surface area contributed by atoms with Crippen LogP contribution in [0.4, 0.5) is 5.13 Å². The van der Waals surface area contributed by atoms with Gasteiger partial charge in [0, 0.05) is 23.2 Å². The van der Waals surface area contributed by atoms with Crippen LogP contribution >= 0.6 is 11.3 Å². The molecular weight excluding hydrogens is 386 g/mol. The topological polar surface area (TPSA) is 122 Å². The van der Waals surface area contributed by atoms with Crippen LogP contribution in [-0.4, -0.2) is 45.3 Å². The minimum absolute atomic E-state index is 0.0313. The molecule has 1 atom stereocenters. The van der Waals surface area contributed by atoms with Gasteiger partial charge in [0.05, 0.1) is 16.4 Å². The van der Waals surface area contributed by atoms with E-state index in [0.29, 0.717) is 5.13 Å². The fourth-order valence-corrected chi connectivity index (χ4v) is 6.05. The Morgan fingerprint density at radius 3 is 2.76 bits per heavy atom. The summed E-state index contributed by atoms with van der Waals surface area (Å²) < 4.78 is 50.2. The van der Waals surface area contributed by atoms with Crippen molar-refractivity contribution in [2.75, 3.05) is 16.8 Å². The number of benzene rings is 1. The fraction of sp³-hybridized carbons (Fsp3) is 0.286. The molecule has 2 N–H and O–H groups in total. The van der Waals surface area contributed by atoms with Crippen molar-refractivity contribution in [2.24, 2.45) is 0 Å². The van der Waals surface area contributed by atoms with Crippen molar-refractivity contribution in [2.45, 2.75) is 17.4 Å². The van der Waals surface area contributed by atoms with Crippen LogP contribution in [0.3, 0.4) is 0 Å². The maximum Gasteiger partial charge on any atom is 0.257 e. The molecular formula is C14H15N3O5S3. The van der Waals surface area contributed by atoms with Crippen molar-refractivity contribution >= 4 is 42.2 Å². The molecule has 2 aromatic rings. The summed E-state index contributed by atoms with van der Waals surface area (Å²) in [5.41, 5.74) is 0.164. The highest BCUT2D eigenvalue weighted by Gasteiger charge is 2.31. The Morgan fingerprint density at radius 2 is 2.12 bits per heavy atom. The second-order valence-corrected chi connectivity index (χ2v) is 10.4. The number of thiazole rings is 1. The first-order valence-corrected chi connectivity index (χ1v) is 11.5. The summed E-state index contributed by atoms with van der Waals surface area (Å²) in [5.74, 6) is -0.720. The highest BCUT2D eigenvalue weighted by Crippen LogP contribution is 2.18. The molecule has 0 aliphatic carbocycles. The molecule has 1 fully saturated rings. The van der Waals surface area contributed by atoms with Crippen LogP contribution in [0, 0.1) is 0 Å². The molecule has 0 unspecified atom stereocenters. The Kier molecular flexibility index (Phi) is 4.91. The van der Waals surface area contributed by atoms with Crippen molar-refractivity contribution in [1.82, 2.24) is 9.71 Å². The average Bonchev–Trinajstić information content (AvgIpc) is 3.16. The second-order valence-electron chi connectivity index (χ2n) is 5.54. The van der Waals surface area contributed by atoms with Crippen molar-refractivity contribution in [3.8, 4) is 0 Å². The van der Waals surface area contributed by atoms with Gasteiger partial charge >= 0.3 is 0 Å². The van der Waals surface area contributed by atoms with Crippen LogP contribution in [0.5, 0.6) is 0 Å². The Labute approximate surface area is 149 Å². The molecule has 0 saturated carbocycles. The summed E-state index contributed by atoms with van der Waals surface area (Å²) in [5, 5.41) is 4.69. The monoisotopic (exact) mass is 401 g/mol. The van der Waals surface area contributed by atoms with Gasteiger partial charge in [-0.25, -0.2) is 26.5 Å². The molecule has 134 valence electrons. The largest absolute Gasteiger partial charge is 0.298 e. The zero-order valence-corrected chi connectivity index (χ0v) is 15.3. The molecule has 2 heterocycles. The number of amides is 1. The van der Waals surface area contributed by atoms with E-state index >= 15 is 0 Å². The Balaban J connectivity index is 1.77. The van der Waals surface area contributed by atoms with E-state index in [2.05, 4.69) is 15.0 Å². The lowest BCUT2D eigenvalue weighted by atomic mass is 10.2. The van der Waals surface area contributed by atoms with Gasteiger partial charge in [-0.05, 0) is 24.6 Å². The van der Waals surface area contributed by atoms with E-state index in [1.165, 1.54) is 35.6 Å². The Morgan fingerprint density at radius 1 is 1.32 bits per heavy atom. The number of nitrogens with zero attached hydrogens (tertiary/aromatic N) is 1. The first kappa shape index (κ1) is 18.0. The van der Waals surface area contributed by atoms with Crippen LogP contribution in [-0.2, 0) is 19.9 Å². The number of sulfone groups is 1. The molecule has 0 radical (unpaired) electrons. The molecule has 1 aliphatic rings. The van der Waals surface area contributed by atoms with Crippen molar-refractivity contribution < 1.29 is 21.6 Å². The zero-order valence-electron chi connectivity index (χ0n) is 12.9. The number of nitrogens with one attached hydrogen (secondary N) is 2. The highest BCUT2D eigenvalue weighted by molar-refractivity contribution is 7.92. The van der Waals surface area contributed by atoms with Gasteiger partial charge < -0.3 is 0 Å². The van der Waals surface area contributed by atoms with E-state index in [0.717, 1.165) is 0 Å². The van der Waals surface area contributed by atoms with Crippen LogP contribution in [0.1, 0.15) is 16.8 Å². The molecule has 0 bridgehead atoms. The minimum atomic E-state index is -3.92. The number of carbonyl (C=O) groups is 1. The third-order valence-corrected chi connectivity index (χ3v) is 7.59. The number of anilines is 1. The predicted octanol–water partition coefficient (Wildman–Crippen LogP) is 0.861. The molecule has 0 spiro atoms. The summed E-state index contributed by atoms with van der Waals surface area (Å²) in [4.78, 5) is 16.0. The molecule has 1 aromatic carbocycles. The zero-order chi connectivity index (χ0) is 18.1. The number of aromatic nitrogens is 1. The first-order chi connectivity index (χ1) is 11.8. The molecule has 3 rings (SSSR count). The lowest BCUT2D eigenvalue weighted by Gasteiger charge is -2.12. The van der Waals surface area contributed by atoms with Gasteiger partial charge in [-0.3, -0.25) is 10.1 Å². The second kappa shape index (κ2) is 6.83. The van der Waals surface area contributed by atoms with Gasteiger partial charge in [0.15, 0.2) is 15.0 Å². The summed E-state index contributed by atoms with van der Waals surface area (Å²) in [6.45, 7) is 0. The van der Waals surface area contributed by atoms with E-state index < -0.39 is 31.8 Å². The number of sulfonamides is 1. The lowest BCUT2D eigenvalue weighted by Crippen LogP contribution is -2.35. The molecule has 25 heavy (non-hydrogen) atoms. The summed E-state index contributed by atoms with van der Waals surface area (Å²) in [7, 11) is -7.12. The van der Waals surface area contributed by atoms with Crippen molar-refractivity contribution in [3.63, 3.8) is 0 Å². The van der Waals surface area contributed by atoms with Gasteiger partial charge in [-0.2, -0.15) is 0 Å². The molecule has 1 aromatic heterocycles. The first-order valence-electron chi connectivity index (χ1n) is 7.29. The molecule has 1 aliphatic heterocycles. The van der Waals surface area contributed by atoms with Crippen LogP contribution in [0.15, 0.2) is 40.7 Å². The Hall–Kier alpha value is -1.82. The number of hydrogen-bond donors (Lipinski definition) is 2. The quantitative estimate of drug-likeness (QED) is 0.766. The van der Waals surface area contributed by atoms with Crippen LogP contribution < -0.4 is 10.0 Å². The minimum Gasteiger partial charge on any atom is -0.298 e. The standard InChI is InChI=1S/C14H15N3O5S3/c18-13(16-14-15-5-6-23-14)10-2-1-3-12(8-10)25(21,22)17-11-4-7-24(19,20)9-11/h1-3,5-6,8,11,17H,4,7,9H2,(H,15,16,18)/t11-/m1/s1. The van der Waals surface area contributed by atoms with Gasteiger partial charge in [-0.1, -0.05) is 6.07 Å². The maximum absolute atomic E-state index is 12.4. The fourth-order valence-electron chi connectivity index (χ4n) is 2.43. The Bertz CT molecular complexity index is 984. The summed E-state index contributed by atoms with van der Waals surface area (Å²) in [6.07, 6.45) is 1.78.